The normalized spacial score (nSPS) is 13.2. The molecular formula is C13H15FN2O. The number of benzene rings is 1. The molecule has 2 rings (SSSR count). The summed E-state index contributed by atoms with van der Waals surface area (Å²) in [6.07, 6.45) is 1.69. The van der Waals surface area contributed by atoms with Crippen LogP contribution in [0.15, 0.2) is 30.5 Å². The third-order valence-corrected chi connectivity index (χ3v) is 3.02. The minimum atomic E-state index is -0.331. The number of hydrogen-bond donors (Lipinski definition) is 0. The molecule has 1 unspecified atom stereocenters. The number of carbonyl (C=O) groups excluding carboxylic acids is 1. The first-order valence-corrected chi connectivity index (χ1v) is 5.48. The van der Waals surface area contributed by atoms with E-state index in [0.29, 0.717) is 5.52 Å². The second-order valence-corrected chi connectivity index (χ2v) is 4.37. The van der Waals surface area contributed by atoms with Gasteiger partial charge in [-0.25, -0.2) is 4.39 Å². The van der Waals surface area contributed by atoms with Gasteiger partial charge in [0.25, 0.3) is 0 Å². The Morgan fingerprint density at radius 1 is 1.35 bits per heavy atom. The highest BCUT2D eigenvalue weighted by Crippen LogP contribution is 2.17. The molecule has 1 aromatic carbocycles. The van der Waals surface area contributed by atoms with Gasteiger partial charge in [-0.1, -0.05) is 0 Å². The number of rotatable bonds is 2. The van der Waals surface area contributed by atoms with Gasteiger partial charge in [-0.3, -0.25) is 14.3 Å². The molecule has 4 heteroatoms. The van der Waals surface area contributed by atoms with E-state index in [4.69, 9.17) is 0 Å². The summed E-state index contributed by atoms with van der Waals surface area (Å²) in [5.41, 5.74) is 0.615. The largest absolute Gasteiger partial charge is 0.298 e. The van der Waals surface area contributed by atoms with Crippen LogP contribution in [0.25, 0.3) is 10.9 Å². The van der Waals surface area contributed by atoms with Gasteiger partial charge in [-0.2, -0.15) is 0 Å². The van der Waals surface area contributed by atoms with Crippen LogP contribution in [0.3, 0.4) is 0 Å². The fourth-order valence-electron chi connectivity index (χ4n) is 1.72. The smallest absolute Gasteiger partial charge is 0.248 e. The van der Waals surface area contributed by atoms with E-state index in [9.17, 15) is 9.18 Å². The Kier molecular flexibility index (Phi) is 2.98. The van der Waals surface area contributed by atoms with Crippen molar-refractivity contribution in [3.05, 3.63) is 36.3 Å². The van der Waals surface area contributed by atoms with Gasteiger partial charge in [0.05, 0.1) is 11.6 Å². The van der Waals surface area contributed by atoms with Crippen LogP contribution < -0.4 is 0 Å². The first-order valence-electron chi connectivity index (χ1n) is 5.48. The van der Waals surface area contributed by atoms with Gasteiger partial charge in [0.15, 0.2) is 0 Å². The fraction of sp³-hybridized carbons (Fsp3) is 0.308. The summed E-state index contributed by atoms with van der Waals surface area (Å²) in [7, 11) is 3.68. The molecule has 3 nitrogen and oxygen atoms in total. The van der Waals surface area contributed by atoms with E-state index >= 15 is 0 Å². The summed E-state index contributed by atoms with van der Waals surface area (Å²) < 4.78 is 14.7. The van der Waals surface area contributed by atoms with Crippen molar-refractivity contribution in [2.24, 2.45) is 0 Å². The molecule has 1 atom stereocenters. The van der Waals surface area contributed by atoms with E-state index < -0.39 is 0 Å². The summed E-state index contributed by atoms with van der Waals surface area (Å²) in [6.45, 7) is 1.83. The molecule has 0 spiro atoms. The molecule has 0 fully saturated rings. The summed E-state index contributed by atoms with van der Waals surface area (Å²) in [6, 6.07) is 6.03. The minimum absolute atomic E-state index is 0.0596. The molecule has 0 saturated heterocycles. The third-order valence-electron chi connectivity index (χ3n) is 3.02. The quantitative estimate of drug-likeness (QED) is 0.797. The predicted octanol–water partition coefficient (Wildman–Crippen LogP) is 2.37. The van der Waals surface area contributed by atoms with Crippen molar-refractivity contribution in [3.63, 3.8) is 0 Å². The first kappa shape index (κ1) is 11.8. The average molecular weight is 234 g/mol. The number of aromatic nitrogens is 1. The highest BCUT2D eigenvalue weighted by Gasteiger charge is 2.18. The minimum Gasteiger partial charge on any atom is -0.298 e. The molecule has 90 valence electrons. The molecule has 0 aliphatic carbocycles. The molecule has 0 radical (unpaired) electrons. The van der Waals surface area contributed by atoms with Crippen LogP contribution in [0.2, 0.25) is 0 Å². The predicted molar refractivity (Wildman–Crippen MR) is 65.7 cm³/mol. The Balaban J connectivity index is 2.49. The molecule has 0 aliphatic heterocycles. The summed E-state index contributed by atoms with van der Waals surface area (Å²) in [5, 5.41) is 0.866. The van der Waals surface area contributed by atoms with Gasteiger partial charge in [0.2, 0.25) is 5.91 Å². The van der Waals surface area contributed by atoms with Crippen molar-refractivity contribution in [1.82, 2.24) is 9.47 Å². The molecule has 1 aromatic heterocycles. The lowest BCUT2D eigenvalue weighted by Crippen LogP contribution is -2.36. The molecule has 0 saturated carbocycles. The fourth-order valence-corrected chi connectivity index (χ4v) is 1.72. The van der Waals surface area contributed by atoms with Crippen molar-refractivity contribution >= 4 is 16.8 Å². The van der Waals surface area contributed by atoms with Gasteiger partial charge in [-0.15, -0.1) is 0 Å². The SMILES string of the molecule is CC(C(=O)n1ccc2ccc(F)cc21)N(C)C. The molecule has 1 heterocycles. The monoisotopic (exact) mass is 234 g/mol. The van der Waals surface area contributed by atoms with E-state index in [-0.39, 0.29) is 17.8 Å². The summed E-state index contributed by atoms with van der Waals surface area (Å²) >= 11 is 0. The lowest BCUT2D eigenvalue weighted by atomic mass is 10.2. The zero-order chi connectivity index (χ0) is 12.6. The molecule has 0 amide bonds. The Labute approximate surface area is 99.4 Å². The maximum atomic E-state index is 13.2. The van der Waals surface area contributed by atoms with Crippen molar-refractivity contribution in [3.8, 4) is 0 Å². The second kappa shape index (κ2) is 4.30. The number of fused-ring (bicyclic) bond motifs is 1. The topological polar surface area (TPSA) is 25.2 Å². The Hall–Kier alpha value is -1.68. The molecule has 0 N–H and O–H groups in total. The van der Waals surface area contributed by atoms with Gasteiger partial charge in [0, 0.05) is 11.6 Å². The zero-order valence-corrected chi connectivity index (χ0v) is 10.1. The van der Waals surface area contributed by atoms with Crippen LogP contribution in [0.4, 0.5) is 4.39 Å². The molecule has 2 aromatic rings. The standard InChI is InChI=1S/C13H15FN2O/c1-9(15(2)3)13(17)16-7-6-10-4-5-11(14)8-12(10)16/h4-9H,1-3H3. The van der Waals surface area contributed by atoms with Crippen LogP contribution >= 0.6 is 0 Å². The molecule has 17 heavy (non-hydrogen) atoms. The van der Waals surface area contributed by atoms with E-state index in [1.165, 1.54) is 16.7 Å². The highest BCUT2D eigenvalue weighted by molar-refractivity contribution is 5.94. The molecule has 0 aliphatic rings. The lowest BCUT2D eigenvalue weighted by molar-refractivity contribution is 0.0809. The van der Waals surface area contributed by atoms with Crippen molar-refractivity contribution < 1.29 is 9.18 Å². The van der Waals surface area contributed by atoms with Crippen LogP contribution in [-0.2, 0) is 0 Å². The van der Waals surface area contributed by atoms with Gasteiger partial charge in [-0.05, 0) is 45.3 Å². The van der Waals surface area contributed by atoms with Crippen LogP contribution in [-0.4, -0.2) is 35.5 Å². The highest BCUT2D eigenvalue weighted by atomic mass is 19.1. The van der Waals surface area contributed by atoms with E-state index in [0.717, 1.165) is 5.39 Å². The van der Waals surface area contributed by atoms with Crippen molar-refractivity contribution in [1.29, 1.82) is 0 Å². The van der Waals surface area contributed by atoms with Gasteiger partial charge < -0.3 is 0 Å². The van der Waals surface area contributed by atoms with Crippen LogP contribution in [0.5, 0.6) is 0 Å². The zero-order valence-electron chi connectivity index (χ0n) is 10.1. The number of likely N-dealkylation sites (N-methyl/N-ethyl adjacent to an activating group) is 1. The van der Waals surface area contributed by atoms with Gasteiger partial charge in [0.1, 0.15) is 5.82 Å². The maximum Gasteiger partial charge on any atom is 0.248 e. The third kappa shape index (κ3) is 2.08. The van der Waals surface area contributed by atoms with Crippen LogP contribution in [0.1, 0.15) is 11.7 Å². The first-order chi connectivity index (χ1) is 8.00. The molecular weight excluding hydrogens is 219 g/mol. The second-order valence-electron chi connectivity index (χ2n) is 4.37. The number of halogens is 1. The van der Waals surface area contributed by atoms with E-state index in [1.807, 2.05) is 32.0 Å². The number of carbonyl (C=O) groups is 1. The summed E-state index contributed by atoms with van der Waals surface area (Å²) in [4.78, 5) is 14.0. The lowest BCUT2D eigenvalue weighted by Gasteiger charge is -2.19. The average Bonchev–Trinajstić information content (AvgIpc) is 2.69. The summed E-state index contributed by atoms with van der Waals surface area (Å²) in [5.74, 6) is -0.390. The van der Waals surface area contributed by atoms with E-state index in [2.05, 4.69) is 0 Å². The maximum absolute atomic E-state index is 13.2. The van der Waals surface area contributed by atoms with Crippen molar-refractivity contribution in [2.75, 3.05) is 14.1 Å². The van der Waals surface area contributed by atoms with Crippen LogP contribution in [0, 0.1) is 5.82 Å². The number of hydrogen-bond acceptors (Lipinski definition) is 2. The molecule has 0 bridgehead atoms. The number of nitrogens with zero attached hydrogens (tertiary/aromatic N) is 2. The Bertz CT molecular complexity index is 560. The van der Waals surface area contributed by atoms with Gasteiger partial charge >= 0.3 is 0 Å². The van der Waals surface area contributed by atoms with Crippen molar-refractivity contribution in [2.45, 2.75) is 13.0 Å². The Morgan fingerprint density at radius 2 is 2.06 bits per heavy atom. The van der Waals surface area contributed by atoms with E-state index in [1.54, 1.807) is 12.3 Å². The Morgan fingerprint density at radius 3 is 2.71 bits per heavy atom.